The number of nitrogens with one attached hydrogen (secondary N) is 1. The predicted octanol–water partition coefficient (Wildman–Crippen LogP) is 6.08. The number of carbonyl (C=O) groups is 1. The quantitative estimate of drug-likeness (QED) is 0.363. The Labute approximate surface area is 205 Å². The van der Waals surface area contributed by atoms with Gasteiger partial charge in [0.15, 0.2) is 23.1 Å². The van der Waals surface area contributed by atoms with E-state index in [1.807, 2.05) is 0 Å². The molecule has 0 aromatic heterocycles. The normalized spacial score (nSPS) is 19.7. The van der Waals surface area contributed by atoms with Gasteiger partial charge in [-0.2, -0.15) is 0 Å². The van der Waals surface area contributed by atoms with Crippen molar-refractivity contribution in [1.82, 2.24) is 5.32 Å². The van der Waals surface area contributed by atoms with E-state index in [9.17, 15) is 23.8 Å². The van der Waals surface area contributed by atoms with Crippen LogP contribution in [-0.4, -0.2) is 21.9 Å². The monoisotopic (exact) mass is 490 g/mol. The van der Waals surface area contributed by atoms with Gasteiger partial charge in [-0.3, -0.25) is 0 Å². The molecule has 0 aliphatic heterocycles. The van der Waals surface area contributed by atoms with Crippen LogP contribution in [0.1, 0.15) is 93.6 Å². The minimum atomic E-state index is -0.661. The summed E-state index contributed by atoms with van der Waals surface area (Å²) >= 11 is 0. The predicted molar refractivity (Wildman–Crippen MR) is 130 cm³/mol. The van der Waals surface area contributed by atoms with Gasteiger partial charge in [0.05, 0.1) is 6.04 Å². The number of carbonyl (C=O) groups excluding carboxylic acids is 1. The van der Waals surface area contributed by atoms with Gasteiger partial charge in [-0.05, 0) is 106 Å². The van der Waals surface area contributed by atoms with Crippen molar-refractivity contribution < 1.29 is 28.5 Å². The highest BCUT2D eigenvalue weighted by Crippen LogP contribution is 2.33. The molecule has 2 aliphatic rings. The summed E-state index contributed by atoms with van der Waals surface area (Å²) in [6, 6.07) is 5.30. The molecule has 0 spiro atoms. The maximum Gasteiger partial charge on any atom is 0.408 e. The van der Waals surface area contributed by atoms with E-state index in [1.165, 1.54) is 24.3 Å². The van der Waals surface area contributed by atoms with E-state index in [0.717, 1.165) is 73.6 Å². The summed E-state index contributed by atoms with van der Waals surface area (Å²) in [5, 5.41) is 21.5. The average Bonchev–Trinajstić information content (AvgIpc) is 3.05. The lowest BCUT2D eigenvalue weighted by Gasteiger charge is -2.24. The van der Waals surface area contributed by atoms with E-state index in [2.05, 4.69) is 5.32 Å². The molecule has 0 radical (unpaired) electrons. The Balaban J connectivity index is 0.000000211. The van der Waals surface area contributed by atoms with Crippen LogP contribution in [0, 0.1) is 11.6 Å². The molecule has 0 bridgehead atoms. The van der Waals surface area contributed by atoms with Gasteiger partial charge < -0.3 is 26.0 Å². The Morgan fingerprint density at radius 3 is 2.00 bits per heavy atom. The zero-order chi connectivity index (χ0) is 25.8. The Kier molecular flexibility index (Phi) is 8.59. The van der Waals surface area contributed by atoms with Crippen molar-refractivity contribution in [1.29, 1.82) is 0 Å². The van der Waals surface area contributed by atoms with Crippen LogP contribution in [0.25, 0.3) is 0 Å². The fraction of sp³-hybridized carbons (Fsp3) is 0.519. The second-order valence-electron chi connectivity index (χ2n) is 10.3. The molecular formula is C27H36F2N2O4. The van der Waals surface area contributed by atoms with Crippen LogP contribution >= 0.6 is 0 Å². The molecule has 4 rings (SSSR count). The maximum atomic E-state index is 13.6. The first-order chi connectivity index (χ1) is 16.4. The first kappa shape index (κ1) is 26.7. The summed E-state index contributed by atoms with van der Waals surface area (Å²) in [7, 11) is 0. The Bertz CT molecular complexity index is 1050. The van der Waals surface area contributed by atoms with Crippen molar-refractivity contribution in [3.05, 3.63) is 58.2 Å². The number of aryl methyl sites for hydroxylation is 2. The van der Waals surface area contributed by atoms with Crippen molar-refractivity contribution in [2.24, 2.45) is 5.73 Å². The number of rotatable bonds is 1. The van der Waals surface area contributed by atoms with E-state index in [0.29, 0.717) is 0 Å². The number of phenols is 2. The standard InChI is InChI=1S/C16H22FNO3.C11H14FNO/c1-16(2,3)21-15(20)18-13-7-5-4-6-10-8-14(19)12(17)9-11(10)13;12-9-6-8-7(5-11(9)14)3-1-2-4-10(8)13/h8-9,13,19H,4-7H2,1-3H3,(H,18,20);5-6,10,14H,1-4,13H2/t13-;10-/m11/s1. The summed E-state index contributed by atoms with van der Waals surface area (Å²) in [4.78, 5) is 11.9. The van der Waals surface area contributed by atoms with Crippen molar-refractivity contribution in [3.63, 3.8) is 0 Å². The van der Waals surface area contributed by atoms with E-state index in [-0.39, 0.29) is 23.6 Å². The van der Waals surface area contributed by atoms with Crippen LogP contribution in [0.3, 0.4) is 0 Å². The van der Waals surface area contributed by atoms with Crippen LogP contribution in [0.4, 0.5) is 13.6 Å². The first-order valence-corrected chi connectivity index (χ1v) is 12.2. The van der Waals surface area contributed by atoms with Crippen LogP contribution in [0.15, 0.2) is 24.3 Å². The number of benzene rings is 2. The number of fused-ring (bicyclic) bond motifs is 2. The van der Waals surface area contributed by atoms with Crippen LogP contribution in [0.5, 0.6) is 11.5 Å². The molecule has 0 saturated carbocycles. The van der Waals surface area contributed by atoms with Crippen molar-refractivity contribution in [3.8, 4) is 11.5 Å². The lowest BCUT2D eigenvalue weighted by atomic mass is 9.98. The third-order valence-corrected chi connectivity index (χ3v) is 6.28. The highest BCUT2D eigenvalue weighted by Gasteiger charge is 2.25. The molecule has 0 unspecified atom stereocenters. The lowest BCUT2D eigenvalue weighted by Crippen LogP contribution is -2.35. The van der Waals surface area contributed by atoms with Gasteiger partial charge in [-0.25, -0.2) is 13.6 Å². The third-order valence-electron chi connectivity index (χ3n) is 6.28. The van der Waals surface area contributed by atoms with Gasteiger partial charge in [0.25, 0.3) is 0 Å². The van der Waals surface area contributed by atoms with E-state index < -0.39 is 23.3 Å². The summed E-state index contributed by atoms with van der Waals surface area (Å²) < 4.78 is 32.0. The Hall–Kier alpha value is -2.87. The molecule has 8 heteroatoms. The van der Waals surface area contributed by atoms with Crippen molar-refractivity contribution in [2.75, 3.05) is 0 Å². The van der Waals surface area contributed by atoms with Gasteiger partial charge in [-0.1, -0.05) is 12.8 Å². The van der Waals surface area contributed by atoms with E-state index in [4.69, 9.17) is 10.5 Å². The maximum absolute atomic E-state index is 13.6. The number of hydrogen-bond acceptors (Lipinski definition) is 5. The molecule has 0 fully saturated rings. The van der Waals surface area contributed by atoms with Gasteiger partial charge in [0, 0.05) is 6.04 Å². The number of alkyl carbamates (subject to hydrolysis) is 1. The SMILES string of the molecule is CC(C)(C)OC(=O)N[C@@H]1CCCCc2cc(O)c(F)cc21.N[C@@H]1CCCCc2cc(O)c(F)cc21. The highest BCUT2D eigenvalue weighted by molar-refractivity contribution is 5.68. The second-order valence-corrected chi connectivity index (χ2v) is 10.3. The van der Waals surface area contributed by atoms with Gasteiger partial charge in [-0.15, -0.1) is 0 Å². The number of nitrogens with two attached hydrogens (primary N) is 1. The fourth-order valence-electron chi connectivity index (χ4n) is 4.60. The molecule has 2 aliphatic carbocycles. The number of halogens is 2. The number of hydrogen-bond donors (Lipinski definition) is 4. The summed E-state index contributed by atoms with van der Waals surface area (Å²) in [6.07, 6.45) is 6.79. The third kappa shape index (κ3) is 7.31. The molecular weight excluding hydrogens is 454 g/mol. The smallest absolute Gasteiger partial charge is 0.408 e. The van der Waals surface area contributed by atoms with Crippen LogP contribution in [-0.2, 0) is 17.6 Å². The molecule has 192 valence electrons. The molecule has 1 amide bonds. The molecule has 2 aromatic rings. The van der Waals surface area contributed by atoms with Crippen LogP contribution < -0.4 is 11.1 Å². The van der Waals surface area contributed by atoms with Gasteiger partial charge in [0.2, 0.25) is 0 Å². The number of aromatic hydroxyl groups is 2. The number of phenolic OH excluding ortho intramolecular Hbond substituents is 2. The molecule has 6 nitrogen and oxygen atoms in total. The lowest BCUT2D eigenvalue weighted by molar-refractivity contribution is 0.0500. The minimum absolute atomic E-state index is 0.0809. The van der Waals surface area contributed by atoms with Crippen LogP contribution in [0.2, 0.25) is 0 Å². The highest BCUT2D eigenvalue weighted by atomic mass is 19.1. The number of amides is 1. The summed E-state index contributed by atoms with van der Waals surface area (Å²) in [5.41, 5.74) is 8.81. The zero-order valence-electron chi connectivity index (χ0n) is 20.7. The fourth-order valence-corrected chi connectivity index (χ4v) is 4.60. The molecule has 2 aromatic carbocycles. The zero-order valence-corrected chi connectivity index (χ0v) is 20.7. The molecule has 35 heavy (non-hydrogen) atoms. The number of ether oxygens (including phenoxy) is 1. The van der Waals surface area contributed by atoms with Gasteiger partial charge in [0.1, 0.15) is 5.60 Å². The molecule has 2 atom stereocenters. The second kappa shape index (κ2) is 11.2. The summed E-state index contributed by atoms with van der Waals surface area (Å²) in [6.45, 7) is 5.39. The Morgan fingerprint density at radius 2 is 1.43 bits per heavy atom. The molecule has 0 saturated heterocycles. The minimum Gasteiger partial charge on any atom is -0.505 e. The average molecular weight is 491 g/mol. The van der Waals surface area contributed by atoms with E-state index in [1.54, 1.807) is 20.8 Å². The summed E-state index contributed by atoms with van der Waals surface area (Å²) in [5.74, 6) is -1.84. The van der Waals surface area contributed by atoms with E-state index >= 15 is 0 Å². The Morgan fingerprint density at radius 1 is 0.914 bits per heavy atom. The molecule has 0 heterocycles. The first-order valence-electron chi connectivity index (χ1n) is 12.2. The molecule has 5 N–H and O–H groups in total. The largest absolute Gasteiger partial charge is 0.505 e. The van der Waals surface area contributed by atoms with Crippen molar-refractivity contribution >= 4 is 6.09 Å². The topological polar surface area (TPSA) is 105 Å². The van der Waals surface area contributed by atoms with Crippen molar-refractivity contribution in [2.45, 2.75) is 89.8 Å². The van der Waals surface area contributed by atoms with Gasteiger partial charge >= 0.3 is 6.09 Å².